The van der Waals surface area contributed by atoms with Crippen molar-refractivity contribution in [3.05, 3.63) is 34.9 Å². The van der Waals surface area contributed by atoms with Crippen LogP contribution in [0.4, 0.5) is 0 Å². The Labute approximate surface area is 121 Å². The Bertz CT molecular complexity index is 571. The van der Waals surface area contributed by atoms with Crippen LogP contribution in [-0.4, -0.2) is 27.7 Å². The molecule has 106 valence electrons. The molecule has 0 aliphatic carbocycles. The van der Waals surface area contributed by atoms with Gasteiger partial charge in [0.05, 0.1) is 12.5 Å². The first-order valence-electron chi connectivity index (χ1n) is 6.30. The van der Waals surface area contributed by atoms with Gasteiger partial charge in [0.2, 0.25) is 0 Å². The number of hydrogen-bond donors (Lipinski definition) is 1. The zero-order valence-corrected chi connectivity index (χ0v) is 11.8. The van der Waals surface area contributed by atoms with Gasteiger partial charge in [-0.05, 0) is 31.0 Å². The lowest BCUT2D eigenvalue weighted by atomic mass is 9.98. The van der Waals surface area contributed by atoms with E-state index < -0.39 is 11.9 Å². The number of aliphatic carboxylic acids is 1. The van der Waals surface area contributed by atoms with E-state index in [4.69, 9.17) is 16.7 Å². The first-order chi connectivity index (χ1) is 9.47. The van der Waals surface area contributed by atoms with E-state index >= 15 is 0 Å². The van der Waals surface area contributed by atoms with Crippen molar-refractivity contribution < 1.29 is 14.7 Å². The lowest BCUT2D eigenvalue weighted by Crippen LogP contribution is -2.27. The number of rotatable bonds is 5. The monoisotopic (exact) mass is 294 g/mol. The molecule has 5 nitrogen and oxygen atoms in total. The third-order valence-corrected chi connectivity index (χ3v) is 3.44. The number of amides is 1. The third-order valence-electron chi connectivity index (χ3n) is 3.20. The van der Waals surface area contributed by atoms with Gasteiger partial charge in [-0.3, -0.25) is 9.59 Å². The van der Waals surface area contributed by atoms with Gasteiger partial charge in [0, 0.05) is 17.2 Å². The third kappa shape index (κ3) is 3.36. The van der Waals surface area contributed by atoms with Crippen LogP contribution in [0.1, 0.15) is 25.3 Å². The van der Waals surface area contributed by atoms with Crippen LogP contribution in [0.3, 0.4) is 0 Å². The zero-order chi connectivity index (χ0) is 14.7. The number of hydrogen-bond acceptors (Lipinski definition) is 3. The molecule has 2 rings (SSSR count). The Kier molecular flexibility index (Phi) is 4.39. The standard InChI is InChI=1S/C14H15ClN2O3/c1-9-12(5-6-13(18)19)14(20)17(16-9)8-10-3-2-4-11(15)7-10/h2-4,7,12H,5-6,8H2,1H3,(H,18,19). The maximum Gasteiger partial charge on any atom is 0.303 e. The highest BCUT2D eigenvalue weighted by Gasteiger charge is 2.33. The zero-order valence-electron chi connectivity index (χ0n) is 11.0. The maximum absolute atomic E-state index is 12.2. The van der Waals surface area contributed by atoms with Crippen molar-refractivity contribution in [1.29, 1.82) is 0 Å². The molecule has 1 aromatic rings. The quantitative estimate of drug-likeness (QED) is 0.907. The van der Waals surface area contributed by atoms with Crippen LogP contribution < -0.4 is 0 Å². The predicted octanol–water partition coefficient (Wildman–Crippen LogP) is 2.54. The Hall–Kier alpha value is -1.88. The molecule has 0 radical (unpaired) electrons. The van der Waals surface area contributed by atoms with Crippen LogP contribution in [0, 0.1) is 5.92 Å². The summed E-state index contributed by atoms with van der Waals surface area (Å²) in [5.41, 5.74) is 1.56. The molecule has 0 aromatic heterocycles. The minimum Gasteiger partial charge on any atom is -0.481 e. The Balaban J connectivity index is 2.04. The molecule has 1 amide bonds. The Morgan fingerprint density at radius 2 is 2.25 bits per heavy atom. The summed E-state index contributed by atoms with van der Waals surface area (Å²) in [5, 5.41) is 14.9. The highest BCUT2D eigenvalue weighted by molar-refractivity contribution is 6.30. The lowest BCUT2D eigenvalue weighted by Gasteiger charge is -2.14. The largest absolute Gasteiger partial charge is 0.481 e. The topological polar surface area (TPSA) is 70.0 Å². The molecule has 1 atom stereocenters. The fourth-order valence-corrected chi connectivity index (χ4v) is 2.40. The smallest absolute Gasteiger partial charge is 0.303 e. The normalized spacial score (nSPS) is 18.3. The van der Waals surface area contributed by atoms with Crippen LogP contribution >= 0.6 is 11.6 Å². The predicted molar refractivity (Wildman–Crippen MR) is 75.5 cm³/mol. The number of halogens is 1. The molecule has 0 bridgehead atoms. The summed E-state index contributed by atoms with van der Waals surface area (Å²) >= 11 is 5.90. The van der Waals surface area contributed by atoms with Gasteiger partial charge in [0.15, 0.2) is 0 Å². The number of benzene rings is 1. The number of carbonyl (C=O) groups excluding carboxylic acids is 1. The second-order valence-electron chi connectivity index (χ2n) is 4.75. The summed E-state index contributed by atoms with van der Waals surface area (Å²) in [7, 11) is 0. The second-order valence-corrected chi connectivity index (χ2v) is 5.19. The molecule has 0 saturated heterocycles. The number of carboxylic acids is 1. The average Bonchev–Trinajstić information content (AvgIpc) is 2.62. The highest BCUT2D eigenvalue weighted by atomic mass is 35.5. The molecule has 0 saturated carbocycles. The van der Waals surface area contributed by atoms with Crippen LogP contribution in [0.5, 0.6) is 0 Å². The first-order valence-corrected chi connectivity index (χ1v) is 6.68. The van der Waals surface area contributed by atoms with Gasteiger partial charge in [-0.2, -0.15) is 5.10 Å². The van der Waals surface area contributed by atoms with Gasteiger partial charge in [-0.25, -0.2) is 5.01 Å². The van der Waals surface area contributed by atoms with E-state index in [9.17, 15) is 9.59 Å². The number of hydrazone groups is 1. The molecular weight excluding hydrogens is 280 g/mol. The maximum atomic E-state index is 12.2. The van der Waals surface area contributed by atoms with E-state index in [2.05, 4.69) is 5.10 Å². The van der Waals surface area contributed by atoms with Crippen molar-refractivity contribution in [3.8, 4) is 0 Å². The van der Waals surface area contributed by atoms with Crippen molar-refractivity contribution in [1.82, 2.24) is 5.01 Å². The van der Waals surface area contributed by atoms with Crippen LogP contribution in [0.25, 0.3) is 0 Å². The Morgan fingerprint density at radius 1 is 1.50 bits per heavy atom. The fourth-order valence-electron chi connectivity index (χ4n) is 2.19. The summed E-state index contributed by atoms with van der Waals surface area (Å²) in [6.07, 6.45) is 0.254. The molecule has 6 heteroatoms. The summed E-state index contributed by atoms with van der Waals surface area (Å²) < 4.78 is 0. The van der Waals surface area contributed by atoms with Gasteiger partial charge >= 0.3 is 5.97 Å². The molecule has 0 spiro atoms. The van der Waals surface area contributed by atoms with Crippen molar-refractivity contribution in [2.45, 2.75) is 26.3 Å². The first kappa shape index (κ1) is 14.5. The van der Waals surface area contributed by atoms with Gasteiger partial charge in [0.25, 0.3) is 5.91 Å². The van der Waals surface area contributed by atoms with Crippen LogP contribution in [-0.2, 0) is 16.1 Å². The summed E-state index contributed by atoms with van der Waals surface area (Å²) in [6, 6.07) is 7.23. The van der Waals surface area contributed by atoms with E-state index in [-0.39, 0.29) is 18.7 Å². The van der Waals surface area contributed by atoms with E-state index in [1.54, 1.807) is 19.1 Å². The molecule has 1 N–H and O–H groups in total. The summed E-state index contributed by atoms with van der Waals surface area (Å²) in [4.78, 5) is 22.8. The van der Waals surface area contributed by atoms with Crippen molar-refractivity contribution in [2.75, 3.05) is 0 Å². The minimum atomic E-state index is -0.904. The van der Waals surface area contributed by atoms with E-state index in [1.165, 1.54) is 5.01 Å². The highest BCUT2D eigenvalue weighted by Crippen LogP contribution is 2.23. The number of nitrogens with zero attached hydrogens (tertiary/aromatic N) is 2. The molecule has 0 fully saturated rings. The van der Waals surface area contributed by atoms with Crippen molar-refractivity contribution >= 4 is 29.2 Å². The minimum absolute atomic E-state index is 0.0335. The van der Waals surface area contributed by atoms with Gasteiger partial charge in [-0.1, -0.05) is 23.7 Å². The van der Waals surface area contributed by atoms with E-state index in [0.717, 1.165) is 5.56 Å². The lowest BCUT2D eigenvalue weighted by molar-refractivity contribution is -0.137. The molecule has 1 aliphatic rings. The SMILES string of the molecule is CC1=NN(Cc2cccc(Cl)c2)C(=O)C1CCC(=O)O. The summed E-state index contributed by atoms with van der Waals surface area (Å²) in [5.74, 6) is -1.48. The number of carbonyl (C=O) groups is 2. The van der Waals surface area contributed by atoms with Crippen LogP contribution in [0.2, 0.25) is 5.02 Å². The molecule has 1 aliphatic heterocycles. The fraction of sp³-hybridized carbons (Fsp3) is 0.357. The van der Waals surface area contributed by atoms with Gasteiger partial charge in [-0.15, -0.1) is 0 Å². The second kappa shape index (κ2) is 6.05. The van der Waals surface area contributed by atoms with Crippen molar-refractivity contribution in [3.63, 3.8) is 0 Å². The molecule has 20 heavy (non-hydrogen) atoms. The Morgan fingerprint density at radius 3 is 2.90 bits per heavy atom. The molecular formula is C14H15ClN2O3. The van der Waals surface area contributed by atoms with Gasteiger partial charge in [0.1, 0.15) is 0 Å². The van der Waals surface area contributed by atoms with E-state index in [0.29, 0.717) is 17.3 Å². The molecule has 1 unspecified atom stereocenters. The van der Waals surface area contributed by atoms with Crippen LogP contribution in [0.15, 0.2) is 29.4 Å². The summed E-state index contributed by atoms with van der Waals surface area (Å²) in [6.45, 7) is 2.10. The average molecular weight is 295 g/mol. The molecule has 1 heterocycles. The number of carboxylic acid groups (broad SMARTS) is 1. The molecule has 1 aromatic carbocycles. The van der Waals surface area contributed by atoms with E-state index in [1.807, 2.05) is 12.1 Å². The van der Waals surface area contributed by atoms with Gasteiger partial charge < -0.3 is 5.11 Å². The van der Waals surface area contributed by atoms with Crippen molar-refractivity contribution in [2.24, 2.45) is 11.0 Å².